The average Bonchev–Trinajstić information content (AvgIpc) is 2.25. The number of carbonyl (C=O) groups excluding carboxylic acids is 1. The third-order valence-electron chi connectivity index (χ3n) is 3.08. The molecule has 0 spiro atoms. The maximum atomic E-state index is 10.7. The van der Waals surface area contributed by atoms with Gasteiger partial charge in [0.15, 0.2) is 0 Å². The number of anilines is 1. The van der Waals surface area contributed by atoms with E-state index in [2.05, 4.69) is 31.1 Å². The molecule has 1 fully saturated rings. The van der Waals surface area contributed by atoms with Crippen LogP contribution in [0.3, 0.4) is 0 Å². The fourth-order valence-corrected chi connectivity index (χ4v) is 2.51. The second-order valence-corrected chi connectivity index (χ2v) is 6.73. The molecule has 0 aromatic carbocycles. The van der Waals surface area contributed by atoms with Gasteiger partial charge in [0.2, 0.25) is 6.41 Å². The van der Waals surface area contributed by atoms with E-state index in [1.165, 1.54) is 0 Å². The van der Waals surface area contributed by atoms with Gasteiger partial charge in [-0.2, -0.15) is 0 Å². The molecule has 1 atom stereocenters. The van der Waals surface area contributed by atoms with Gasteiger partial charge >= 0.3 is 0 Å². The highest BCUT2D eigenvalue weighted by molar-refractivity contribution is 9.10. The lowest BCUT2D eigenvalue weighted by molar-refractivity contribution is -0.128. The Morgan fingerprint density at radius 2 is 2.20 bits per heavy atom. The standard InChI is InChI=1S/C14H20BrN3O2/c1-14(2,3)20-13(16-9-19)10-7-18(8-10)12-6-4-5-11(15)17-12/h4-6,9-10,13H,7-8H2,1-3H3,(H,16,19). The van der Waals surface area contributed by atoms with E-state index in [9.17, 15) is 4.79 Å². The van der Waals surface area contributed by atoms with Crippen LogP contribution in [0.25, 0.3) is 0 Å². The van der Waals surface area contributed by atoms with Crippen LogP contribution in [-0.2, 0) is 9.53 Å². The largest absolute Gasteiger partial charge is 0.356 e. The molecule has 1 aromatic rings. The van der Waals surface area contributed by atoms with Gasteiger partial charge in [-0.1, -0.05) is 6.07 Å². The van der Waals surface area contributed by atoms with Crippen molar-refractivity contribution in [2.45, 2.75) is 32.6 Å². The average molecular weight is 342 g/mol. The molecule has 6 heteroatoms. The summed E-state index contributed by atoms with van der Waals surface area (Å²) in [6, 6.07) is 5.85. The van der Waals surface area contributed by atoms with Crippen molar-refractivity contribution < 1.29 is 9.53 Å². The normalized spacial score (nSPS) is 17.5. The summed E-state index contributed by atoms with van der Waals surface area (Å²) in [7, 11) is 0. The van der Waals surface area contributed by atoms with E-state index >= 15 is 0 Å². The van der Waals surface area contributed by atoms with Gasteiger partial charge in [-0.3, -0.25) is 4.79 Å². The van der Waals surface area contributed by atoms with E-state index in [1.54, 1.807) is 0 Å². The second-order valence-electron chi connectivity index (χ2n) is 5.92. The highest BCUT2D eigenvalue weighted by Gasteiger charge is 2.36. The van der Waals surface area contributed by atoms with Crippen LogP contribution in [0.1, 0.15) is 20.8 Å². The minimum Gasteiger partial charge on any atom is -0.356 e. The van der Waals surface area contributed by atoms with Crippen LogP contribution in [0.15, 0.2) is 22.8 Å². The minimum atomic E-state index is -0.283. The molecule has 1 N–H and O–H groups in total. The summed E-state index contributed by atoms with van der Waals surface area (Å²) in [5.41, 5.74) is -0.283. The topological polar surface area (TPSA) is 54.5 Å². The van der Waals surface area contributed by atoms with E-state index in [0.29, 0.717) is 6.41 Å². The Morgan fingerprint density at radius 3 is 2.75 bits per heavy atom. The molecule has 1 amide bonds. The highest BCUT2D eigenvalue weighted by atomic mass is 79.9. The lowest BCUT2D eigenvalue weighted by Crippen LogP contribution is -2.58. The summed E-state index contributed by atoms with van der Waals surface area (Å²) in [5, 5.41) is 2.77. The van der Waals surface area contributed by atoms with Gasteiger partial charge in [0.25, 0.3) is 0 Å². The van der Waals surface area contributed by atoms with Crippen LogP contribution >= 0.6 is 15.9 Å². The molecule has 2 heterocycles. The molecule has 1 saturated heterocycles. The fraction of sp³-hybridized carbons (Fsp3) is 0.571. The Morgan fingerprint density at radius 1 is 1.50 bits per heavy atom. The second kappa shape index (κ2) is 6.10. The molecule has 1 aliphatic rings. The monoisotopic (exact) mass is 341 g/mol. The fourth-order valence-electron chi connectivity index (χ4n) is 2.18. The summed E-state index contributed by atoms with van der Waals surface area (Å²) in [4.78, 5) is 17.3. The zero-order valence-corrected chi connectivity index (χ0v) is 13.6. The third kappa shape index (κ3) is 3.93. The number of carbonyl (C=O) groups is 1. The number of nitrogens with one attached hydrogen (secondary N) is 1. The number of amides is 1. The Bertz CT molecular complexity index is 470. The Kier molecular flexibility index (Phi) is 4.65. The predicted molar refractivity (Wildman–Crippen MR) is 81.5 cm³/mol. The third-order valence-corrected chi connectivity index (χ3v) is 3.52. The van der Waals surface area contributed by atoms with Gasteiger partial charge in [0.1, 0.15) is 16.6 Å². The molecule has 0 radical (unpaired) electrons. The summed E-state index contributed by atoms with van der Waals surface area (Å²) in [6.45, 7) is 7.60. The number of pyridine rings is 1. The van der Waals surface area contributed by atoms with E-state index in [0.717, 1.165) is 23.5 Å². The van der Waals surface area contributed by atoms with Crippen LogP contribution in [0.4, 0.5) is 5.82 Å². The maximum absolute atomic E-state index is 10.7. The smallest absolute Gasteiger partial charge is 0.209 e. The quantitative estimate of drug-likeness (QED) is 0.506. The highest BCUT2D eigenvalue weighted by Crippen LogP contribution is 2.28. The molecular formula is C14H20BrN3O2. The number of halogens is 1. The van der Waals surface area contributed by atoms with Crippen LogP contribution < -0.4 is 10.2 Å². The van der Waals surface area contributed by atoms with Crippen molar-refractivity contribution in [2.24, 2.45) is 5.92 Å². The number of rotatable bonds is 5. The Balaban J connectivity index is 1.94. The number of nitrogens with zero attached hydrogens (tertiary/aromatic N) is 2. The predicted octanol–water partition coefficient (Wildman–Crippen LogP) is 2.17. The van der Waals surface area contributed by atoms with Crippen molar-refractivity contribution in [3.8, 4) is 0 Å². The van der Waals surface area contributed by atoms with Crippen LogP contribution in [0, 0.1) is 5.92 Å². The number of aromatic nitrogens is 1. The number of hydrogen-bond acceptors (Lipinski definition) is 4. The van der Waals surface area contributed by atoms with Crippen molar-refractivity contribution in [1.29, 1.82) is 0 Å². The van der Waals surface area contributed by atoms with Gasteiger partial charge in [-0.25, -0.2) is 4.98 Å². The summed E-state index contributed by atoms with van der Waals surface area (Å²) < 4.78 is 6.72. The first-order chi connectivity index (χ1) is 9.39. The first kappa shape index (κ1) is 15.3. The van der Waals surface area contributed by atoms with E-state index in [-0.39, 0.29) is 17.7 Å². The van der Waals surface area contributed by atoms with Crippen LogP contribution in [-0.4, -0.2) is 36.3 Å². The molecule has 5 nitrogen and oxygen atoms in total. The van der Waals surface area contributed by atoms with Crippen LogP contribution in [0.5, 0.6) is 0 Å². The molecule has 0 saturated carbocycles. The van der Waals surface area contributed by atoms with Gasteiger partial charge in [0, 0.05) is 19.0 Å². The zero-order valence-electron chi connectivity index (χ0n) is 12.0. The molecule has 0 aliphatic carbocycles. The molecule has 1 aliphatic heterocycles. The molecule has 20 heavy (non-hydrogen) atoms. The number of hydrogen-bond donors (Lipinski definition) is 1. The molecule has 0 bridgehead atoms. The van der Waals surface area contributed by atoms with Crippen molar-refractivity contribution in [3.05, 3.63) is 22.8 Å². The molecule has 2 rings (SSSR count). The lowest BCUT2D eigenvalue weighted by Gasteiger charge is -2.45. The molecule has 110 valence electrons. The van der Waals surface area contributed by atoms with Crippen molar-refractivity contribution in [2.75, 3.05) is 18.0 Å². The molecule has 1 aromatic heterocycles. The van der Waals surface area contributed by atoms with Crippen molar-refractivity contribution in [3.63, 3.8) is 0 Å². The summed E-state index contributed by atoms with van der Waals surface area (Å²) >= 11 is 3.37. The van der Waals surface area contributed by atoms with E-state index < -0.39 is 0 Å². The number of ether oxygens (including phenoxy) is 1. The molecule has 1 unspecified atom stereocenters. The first-order valence-electron chi connectivity index (χ1n) is 6.64. The van der Waals surface area contributed by atoms with Crippen molar-refractivity contribution >= 4 is 28.2 Å². The van der Waals surface area contributed by atoms with Crippen LogP contribution in [0.2, 0.25) is 0 Å². The minimum absolute atomic E-state index is 0.254. The first-order valence-corrected chi connectivity index (χ1v) is 7.43. The lowest BCUT2D eigenvalue weighted by atomic mass is 9.97. The van der Waals surface area contributed by atoms with Gasteiger partial charge < -0.3 is 15.0 Å². The van der Waals surface area contributed by atoms with E-state index in [4.69, 9.17) is 4.74 Å². The summed E-state index contributed by atoms with van der Waals surface area (Å²) in [5.74, 6) is 1.22. The van der Waals surface area contributed by atoms with Gasteiger partial charge in [-0.05, 0) is 48.8 Å². The molecular weight excluding hydrogens is 322 g/mol. The maximum Gasteiger partial charge on any atom is 0.209 e. The SMILES string of the molecule is CC(C)(C)OC(NC=O)C1CN(c2cccc(Br)n2)C1. The summed E-state index contributed by atoms with van der Waals surface area (Å²) in [6.07, 6.45) is 0.451. The van der Waals surface area contributed by atoms with Crippen molar-refractivity contribution in [1.82, 2.24) is 10.3 Å². The Hall–Kier alpha value is -1.14. The van der Waals surface area contributed by atoms with E-state index in [1.807, 2.05) is 39.0 Å². The Labute approximate surface area is 127 Å². The van der Waals surface area contributed by atoms with Gasteiger partial charge in [0.05, 0.1) is 5.60 Å². The zero-order chi connectivity index (χ0) is 14.8. The van der Waals surface area contributed by atoms with Gasteiger partial charge in [-0.15, -0.1) is 0 Å².